The second kappa shape index (κ2) is 7.05. The van der Waals surface area contributed by atoms with Gasteiger partial charge in [0.1, 0.15) is 4.83 Å². The number of hydrogen-bond acceptors (Lipinski definition) is 4. The highest BCUT2D eigenvalue weighted by atomic mass is 32.1. The maximum Gasteiger partial charge on any atom is 0.310 e. The van der Waals surface area contributed by atoms with Gasteiger partial charge in [-0.25, -0.2) is 4.98 Å². The summed E-state index contributed by atoms with van der Waals surface area (Å²) in [5.41, 5.74) is 0.711. The van der Waals surface area contributed by atoms with Crippen LogP contribution in [-0.2, 0) is 10.1 Å². The number of hydrogen-bond donors (Lipinski definition) is 1. The second-order valence-corrected chi connectivity index (χ2v) is 11.2. The Morgan fingerprint density at radius 3 is 2.13 bits per heavy atom. The molecule has 0 aliphatic carbocycles. The summed E-state index contributed by atoms with van der Waals surface area (Å²) in [4.78, 5) is 6.07. The first kappa shape index (κ1) is 21.3. The number of benzene rings is 2. The van der Waals surface area contributed by atoms with Crippen molar-refractivity contribution in [1.29, 1.82) is 0 Å². The second-order valence-electron chi connectivity index (χ2n) is 10.2. The van der Waals surface area contributed by atoms with Crippen LogP contribution in [0.15, 0.2) is 42.5 Å². The molecule has 0 radical (unpaired) electrons. The van der Waals surface area contributed by atoms with Crippen molar-refractivity contribution in [2.75, 3.05) is 0 Å². The number of thiophene rings is 1. The Hall–Kier alpha value is -1.95. The third kappa shape index (κ3) is 3.64. The van der Waals surface area contributed by atoms with Gasteiger partial charge in [0.2, 0.25) is 0 Å². The highest BCUT2D eigenvalue weighted by molar-refractivity contribution is 7.26. The average Bonchev–Trinajstić information content (AvgIpc) is 3.03. The van der Waals surface area contributed by atoms with Crippen molar-refractivity contribution in [2.45, 2.75) is 65.1 Å². The zero-order chi connectivity index (χ0) is 21.9. The predicted molar refractivity (Wildman–Crippen MR) is 132 cm³/mol. The maximum atomic E-state index is 10.4. The first-order valence-electron chi connectivity index (χ1n) is 10.5. The average molecular weight is 419 g/mol. The quantitative estimate of drug-likeness (QED) is 0.448. The van der Waals surface area contributed by atoms with Crippen LogP contribution in [0.3, 0.4) is 0 Å². The lowest BCUT2D eigenvalue weighted by atomic mass is 9.80. The molecule has 4 aromatic rings. The van der Waals surface area contributed by atoms with E-state index >= 15 is 0 Å². The summed E-state index contributed by atoms with van der Waals surface area (Å²) in [6.45, 7) is 14.0. The molecule has 0 spiro atoms. The summed E-state index contributed by atoms with van der Waals surface area (Å²) in [5.74, 6) is 0. The molecule has 1 N–H and O–H groups in total. The van der Waals surface area contributed by atoms with Crippen molar-refractivity contribution >= 4 is 55.4 Å². The van der Waals surface area contributed by atoms with E-state index in [0.29, 0.717) is 7.48 Å². The van der Waals surface area contributed by atoms with Crippen LogP contribution in [0.1, 0.15) is 54.2 Å². The molecular formula is C25H30BNO2S. The van der Waals surface area contributed by atoms with E-state index in [4.69, 9.17) is 9.64 Å². The van der Waals surface area contributed by atoms with Crippen molar-refractivity contribution < 1.29 is 9.76 Å². The number of pyridine rings is 1. The smallest absolute Gasteiger partial charge is 0.310 e. The molecule has 156 valence electrons. The Kier molecular flexibility index (Phi) is 5.00. The molecule has 0 saturated carbocycles. The molecule has 5 heteroatoms. The molecule has 0 bridgehead atoms. The lowest BCUT2D eigenvalue weighted by Gasteiger charge is -2.37. The fourth-order valence-electron chi connectivity index (χ4n) is 3.52. The minimum absolute atomic E-state index is 0.0320. The summed E-state index contributed by atoms with van der Waals surface area (Å²) in [6, 6.07) is 15.2. The topological polar surface area (TPSA) is 42.4 Å². The highest BCUT2D eigenvalue weighted by Gasteiger charge is 2.35. The monoisotopic (exact) mass is 419 g/mol. The molecule has 0 aliphatic heterocycles. The lowest BCUT2D eigenvalue weighted by Crippen LogP contribution is -2.49. The largest absolute Gasteiger partial charge is 0.427 e. The Morgan fingerprint density at radius 1 is 0.833 bits per heavy atom. The molecule has 30 heavy (non-hydrogen) atoms. The molecule has 2 aromatic heterocycles. The fourth-order valence-corrected chi connectivity index (χ4v) is 4.72. The van der Waals surface area contributed by atoms with E-state index < -0.39 is 11.2 Å². The minimum atomic E-state index is -0.924. The Morgan fingerprint density at radius 2 is 1.47 bits per heavy atom. The number of fused-ring (bicyclic) bond motifs is 5. The van der Waals surface area contributed by atoms with Gasteiger partial charge in [-0.1, -0.05) is 51.1 Å². The fraction of sp³-hybridized carbons (Fsp3) is 0.400. The van der Waals surface area contributed by atoms with Gasteiger partial charge in [0.25, 0.3) is 0 Å². The van der Waals surface area contributed by atoms with E-state index in [1.165, 1.54) is 26.2 Å². The van der Waals surface area contributed by atoms with Crippen molar-refractivity contribution in [3.63, 3.8) is 0 Å². The van der Waals surface area contributed by atoms with Gasteiger partial charge in [0, 0.05) is 26.6 Å². The van der Waals surface area contributed by atoms with Gasteiger partial charge in [0.05, 0.1) is 11.2 Å². The molecule has 0 atom stereocenters. The van der Waals surface area contributed by atoms with Crippen molar-refractivity contribution in [3.8, 4) is 0 Å². The van der Waals surface area contributed by atoms with Crippen LogP contribution >= 0.6 is 11.3 Å². The third-order valence-corrected chi connectivity index (χ3v) is 7.43. The van der Waals surface area contributed by atoms with Crippen LogP contribution in [0.25, 0.3) is 31.1 Å². The van der Waals surface area contributed by atoms with Gasteiger partial charge < -0.3 is 9.76 Å². The summed E-state index contributed by atoms with van der Waals surface area (Å²) < 4.78 is 7.42. The van der Waals surface area contributed by atoms with Gasteiger partial charge in [-0.15, -0.1) is 11.3 Å². The number of rotatable bonds is 4. The van der Waals surface area contributed by atoms with Crippen molar-refractivity contribution in [2.24, 2.45) is 0 Å². The Labute approximate surface area is 183 Å². The first-order valence-corrected chi connectivity index (χ1v) is 11.3. The highest BCUT2D eigenvalue weighted by Crippen LogP contribution is 2.38. The number of aliphatic hydroxyl groups is 1. The molecule has 0 unspecified atom stereocenters. The van der Waals surface area contributed by atoms with Gasteiger partial charge >= 0.3 is 7.48 Å². The summed E-state index contributed by atoms with van der Waals surface area (Å²) in [6.07, 6.45) is 0. The van der Waals surface area contributed by atoms with Gasteiger partial charge in [0.15, 0.2) is 0 Å². The van der Waals surface area contributed by atoms with E-state index in [9.17, 15) is 5.11 Å². The van der Waals surface area contributed by atoms with Crippen LogP contribution in [0.5, 0.6) is 0 Å². The molecular weight excluding hydrogens is 389 g/mol. The predicted octanol–water partition coefficient (Wildman–Crippen LogP) is 5.44. The van der Waals surface area contributed by atoms with Crippen LogP contribution < -0.4 is 5.46 Å². The Balaban J connectivity index is 1.82. The van der Waals surface area contributed by atoms with Crippen molar-refractivity contribution in [1.82, 2.24) is 4.98 Å². The molecule has 3 nitrogen and oxygen atoms in total. The number of aromatic nitrogens is 1. The lowest BCUT2D eigenvalue weighted by molar-refractivity contribution is -0.0893. The zero-order valence-electron chi connectivity index (χ0n) is 19.0. The van der Waals surface area contributed by atoms with E-state index in [1.54, 1.807) is 25.2 Å². The van der Waals surface area contributed by atoms with Crippen molar-refractivity contribution in [3.05, 3.63) is 48.2 Å². The zero-order valence-corrected chi connectivity index (χ0v) is 19.8. The van der Waals surface area contributed by atoms with Crippen LogP contribution in [0.2, 0.25) is 0 Å². The molecule has 0 aliphatic rings. The van der Waals surface area contributed by atoms with Gasteiger partial charge in [-0.2, -0.15) is 0 Å². The standard InChI is InChI=1S/C25H30BNO2S/c1-23(2,3)20-14-13-18-17-12-11-15-16(21(17)30-22(18)27-20)9-8-10-19(15)26-29-25(6,7)24(4,5)28/h8-14,26,28H,1-7H3. The van der Waals surface area contributed by atoms with Crippen LogP contribution in [-0.4, -0.2) is 28.8 Å². The molecule has 0 amide bonds. The first-order chi connectivity index (χ1) is 13.9. The van der Waals surface area contributed by atoms with Gasteiger partial charge in [-0.05, 0) is 56.1 Å². The van der Waals surface area contributed by atoms with E-state index in [1.807, 2.05) is 13.8 Å². The van der Waals surface area contributed by atoms with Crippen LogP contribution in [0.4, 0.5) is 0 Å². The van der Waals surface area contributed by atoms with E-state index in [0.717, 1.165) is 16.0 Å². The van der Waals surface area contributed by atoms with E-state index in [-0.39, 0.29) is 5.41 Å². The van der Waals surface area contributed by atoms with E-state index in [2.05, 4.69) is 63.2 Å². The maximum absolute atomic E-state index is 10.4. The van der Waals surface area contributed by atoms with Crippen LogP contribution in [0, 0.1) is 0 Å². The third-order valence-electron chi connectivity index (χ3n) is 6.28. The van der Waals surface area contributed by atoms with Gasteiger partial charge in [-0.3, -0.25) is 0 Å². The normalized spacial score (nSPS) is 13.5. The summed E-state index contributed by atoms with van der Waals surface area (Å²) >= 11 is 1.77. The molecule has 0 saturated heterocycles. The molecule has 4 rings (SSSR count). The molecule has 0 fully saturated rings. The summed E-state index contributed by atoms with van der Waals surface area (Å²) in [5, 5.41) is 15.3. The SMILES string of the molecule is CC(C)(C)c1ccc2c(n1)sc1c3cccc(BOC(C)(C)C(C)(C)O)c3ccc21. The molecule has 2 aromatic carbocycles. The number of nitrogens with zero attached hydrogens (tertiary/aromatic N) is 1. The minimum Gasteiger partial charge on any atom is -0.427 e. The summed E-state index contributed by atoms with van der Waals surface area (Å²) in [7, 11) is 0.456. The molecule has 2 heterocycles. The Bertz CT molecular complexity index is 1250.